The Bertz CT molecular complexity index is 773. The maximum atomic E-state index is 6.29. The van der Waals surface area contributed by atoms with Gasteiger partial charge in [-0.25, -0.2) is 4.42 Å². The van der Waals surface area contributed by atoms with Crippen molar-refractivity contribution in [3.63, 3.8) is 0 Å². The second kappa shape index (κ2) is 6.46. The largest absolute Gasteiger partial charge is 0.498 e. The predicted octanol–water partition coefficient (Wildman–Crippen LogP) is 5.62. The van der Waals surface area contributed by atoms with Gasteiger partial charge in [0.25, 0.3) is 0 Å². The summed E-state index contributed by atoms with van der Waals surface area (Å²) >= 11 is 0. The van der Waals surface area contributed by atoms with Gasteiger partial charge < -0.3 is 9.64 Å². The van der Waals surface area contributed by atoms with Crippen molar-refractivity contribution in [2.45, 2.75) is 46.5 Å². The van der Waals surface area contributed by atoms with Crippen LogP contribution in [0.5, 0.6) is 0 Å². The smallest absolute Gasteiger partial charge is 0.362 e. The van der Waals surface area contributed by atoms with Gasteiger partial charge >= 0.3 is 11.3 Å². The van der Waals surface area contributed by atoms with Crippen molar-refractivity contribution >= 4 is 22.7 Å². The van der Waals surface area contributed by atoms with Gasteiger partial charge in [-0.1, -0.05) is 13.8 Å². The lowest BCUT2D eigenvalue weighted by atomic mass is 9.77. The summed E-state index contributed by atoms with van der Waals surface area (Å²) in [7, 11) is 0. The lowest BCUT2D eigenvalue weighted by Crippen LogP contribution is -2.23. The molecule has 0 spiro atoms. The van der Waals surface area contributed by atoms with E-state index in [1.807, 2.05) is 6.92 Å². The summed E-state index contributed by atoms with van der Waals surface area (Å²) in [5.74, 6) is 1.94. The zero-order valence-corrected chi connectivity index (χ0v) is 15.5. The van der Waals surface area contributed by atoms with Crippen molar-refractivity contribution in [2.24, 2.45) is 0 Å². The minimum Gasteiger partial charge on any atom is -0.498 e. The van der Waals surface area contributed by atoms with Crippen molar-refractivity contribution in [3.05, 3.63) is 41.3 Å². The van der Waals surface area contributed by atoms with Gasteiger partial charge in [-0.2, -0.15) is 0 Å². The van der Waals surface area contributed by atoms with Gasteiger partial charge in [0.2, 0.25) is 0 Å². The Labute approximate surface area is 144 Å². The molecule has 0 atom stereocenters. The molecule has 0 saturated heterocycles. The van der Waals surface area contributed by atoms with Crippen LogP contribution >= 0.6 is 0 Å². The van der Waals surface area contributed by atoms with E-state index in [0.29, 0.717) is 6.61 Å². The molecule has 1 aromatic carbocycles. The molecule has 0 fully saturated rings. The Morgan fingerprint density at radius 2 is 1.88 bits per heavy atom. The topological polar surface area (TPSA) is 23.8 Å². The molecule has 0 amide bonds. The Balaban J connectivity index is 2.13. The first-order valence-electron chi connectivity index (χ1n) is 8.98. The van der Waals surface area contributed by atoms with Crippen LogP contribution in [0.15, 0.2) is 34.4 Å². The number of fused-ring (bicyclic) bond motifs is 2. The van der Waals surface area contributed by atoms with E-state index in [1.54, 1.807) is 0 Å². The van der Waals surface area contributed by atoms with Crippen molar-refractivity contribution in [2.75, 3.05) is 24.6 Å². The third-order valence-corrected chi connectivity index (χ3v) is 4.88. The maximum absolute atomic E-state index is 6.29. The number of anilines is 1. The van der Waals surface area contributed by atoms with Crippen molar-refractivity contribution < 1.29 is 9.15 Å². The molecule has 3 nitrogen and oxygen atoms in total. The average molecular weight is 326 g/mol. The van der Waals surface area contributed by atoms with Gasteiger partial charge in [-0.05, 0) is 39.0 Å². The normalized spacial score (nSPS) is 15.8. The van der Waals surface area contributed by atoms with Crippen LogP contribution in [0.2, 0.25) is 0 Å². The van der Waals surface area contributed by atoms with E-state index in [9.17, 15) is 0 Å². The highest BCUT2D eigenvalue weighted by atomic mass is 16.5. The fraction of sp³-hybridized carbons (Fsp3) is 0.476. The van der Waals surface area contributed by atoms with Crippen LogP contribution in [-0.2, 0) is 10.2 Å². The SMILES string of the molecule is CCOC1=Cc2[o+]c3cc(N(CC)CC)ccc3cc2C(C)(C)C1. The fourth-order valence-electron chi connectivity index (χ4n) is 3.56. The quantitative estimate of drug-likeness (QED) is 0.666. The van der Waals surface area contributed by atoms with E-state index in [0.717, 1.165) is 42.0 Å². The molecule has 0 aliphatic heterocycles. The Morgan fingerprint density at radius 3 is 2.54 bits per heavy atom. The molecule has 0 N–H and O–H groups in total. The molecular weight excluding hydrogens is 298 g/mol. The Hall–Kier alpha value is -2.03. The third-order valence-electron chi connectivity index (χ3n) is 4.88. The van der Waals surface area contributed by atoms with Gasteiger partial charge in [0.15, 0.2) is 0 Å². The molecule has 0 unspecified atom stereocenters. The van der Waals surface area contributed by atoms with Crippen LogP contribution in [-0.4, -0.2) is 19.7 Å². The van der Waals surface area contributed by atoms with E-state index in [4.69, 9.17) is 9.15 Å². The number of benzene rings is 1. The summed E-state index contributed by atoms with van der Waals surface area (Å²) in [6.07, 6.45) is 2.97. The van der Waals surface area contributed by atoms with Crippen LogP contribution in [0.1, 0.15) is 52.4 Å². The lowest BCUT2D eigenvalue weighted by molar-refractivity contribution is 0.203. The highest BCUT2D eigenvalue weighted by Gasteiger charge is 2.36. The summed E-state index contributed by atoms with van der Waals surface area (Å²) in [5.41, 5.74) is 3.42. The minimum absolute atomic E-state index is 0.0177. The van der Waals surface area contributed by atoms with Crippen LogP contribution in [0.4, 0.5) is 5.69 Å². The van der Waals surface area contributed by atoms with E-state index >= 15 is 0 Å². The minimum atomic E-state index is 0.0177. The third kappa shape index (κ3) is 3.00. The summed E-state index contributed by atoms with van der Waals surface area (Å²) in [5, 5.41) is 1.16. The van der Waals surface area contributed by atoms with Crippen LogP contribution in [0, 0.1) is 0 Å². The van der Waals surface area contributed by atoms with Crippen LogP contribution in [0.3, 0.4) is 0 Å². The number of hydrogen-bond acceptors (Lipinski definition) is 2. The number of ether oxygens (including phenoxy) is 1. The molecule has 128 valence electrons. The number of rotatable bonds is 5. The predicted molar refractivity (Wildman–Crippen MR) is 101 cm³/mol. The maximum Gasteiger partial charge on any atom is 0.362 e. The lowest BCUT2D eigenvalue weighted by Gasteiger charge is -2.28. The second-order valence-electron chi connectivity index (χ2n) is 7.02. The second-order valence-corrected chi connectivity index (χ2v) is 7.02. The molecule has 24 heavy (non-hydrogen) atoms. The summed E-state index contributed by atoms with van der Waals surface area (Å²) in [6, 6.07) is 8.79. The first kappa shape index (κ1) is 16.8. The van der Waals surface area contributed by atoms with Gasteiger partial charge in [0, 0.05) is 30.6 Å². The van der Waals surface area contributed by atoms with E-state index in [1.165, 1.54) is 11.3 Å². The molecule has 0 saturated carbocycles. The summed E-state index contributed by atoms with van der Waals surface area (Å²) in [4.78, 5) is 2.33. The Kier molecular flexibility index (Phi) is 4.53. The highest BCUT2D eigenvalue weighted by Crippen LogP contribution is 2.41. The van der Waals surface area contributed by atoms with Gasteiger partial charge in [-0.15, -0.1) is 0 Å². The first-order chi connectivity index (χ1) is 11.5. The Morgan fingerprint density at radius 1 is 1.12 bits per heavy atom. The molecule has 2 aromatic rings. The zero-order valence-electron chi connectivity index (χ0n) is 15.5. The molecule has 3 heteroatoms. The molecule has 1 aliphatic rings. The molecule has 1 aliphatic carbocycles. The van der Waals surface area contributed by atoms with E-state index in [2.05, 4.69) is 62.9 Å². The number of hydrogen-bond donors (Lipinski definition) is 0. The fourth-order valence-corrected chi connectivity index (χ4v) is 3.56. The van der Waals surface area contributed by atoms with Crippen LogP contribution in [0.25, 0.3) is 17.0 Å². The first-order valence-corrected chi connectivity index (χ1v) is 8.98. The van der Waals surface area contributed by atoms with Crippen molar-refractivity contribution in [3.8, 4) is 0 Å². The average Bonchev–Trinajstić information content (AvgIpc) is 2.54. The summed E-state index contributed by atoms with van der Waals surface area (Å²) < 4.78 is 12.1. The monoisotopic (exact) mass is 326 g/mol. The van der Waals surface area contributed by atoms with Crippen molar-refractivity contribution in [1.29, 1.82) is 0 Å². The van der Waals surface area contributed by atoms with Gasteiger partial charge in [0.1, 0.15) is 5.76 Å². The number of allylic oxidation sites excluding steroid dienone is 1. The van der Waals surface area contributed by atoms with E-state index in [-0.39, 0.29) is 5.41 Å². The summed E-state index contributed by atoms with van der Waals surface area (Å²) in [6.45, 7) is 13.6. The standard InChI is InChI=1S/C21H28NO2/c1-6-22(7-2)16-10-9-15-11-18-20(24-19(15)12-16)13-17(23-8-3)14-21(18,4)5/h9-13H,6-8,14H2,1-5H3/q+1. The van der Waals surface area contributed by atoms with Gasteiger partial charge in [0.05, 0.1) is 29.7 Å². The molecule has 3 rings (SSSR count). The zero-order chi connectivity index (χ0) is 17.3. The number of nitrogens with zero attached hydrogens (tertiary/aromatic N) is 1. The molecular formula is C21H28NO2+. The van der Waals surface area contributed by atoms with Crippen LogP contribution < -0.4 is 4.90 Å². The molecule has 1 aromatic heterocycles. The van der Waals surface area contributed by atoms with Crippen molar-refractivity contribution in [1.82, 2.24) is 0 Å². The molecule has 1 heterocycles. The molecule has 0 radical (unpaired) electrons. The highest BCUT2D eigenvalue weighted by molar-refractivity contribution is 5.83. The van der Waals surface area contributed by atoms with E-state index < -0.39 is 0 Å². The van der Waals surface area contributed by atoms with Gasteiger partial charge in [-0.3, -0.25) is 0 Å². The molecule has 0 bridgehead atoms.